The number of hydrogen-bond donors (Lipinski definition) is 2. The number of aliphatic hydroxyl groups is 1. The van der Waals surface area contributed by atoms with Crippen LogP contribution in [0.15, 0.2) is 24.3 Å². The summed E-state index contributed by atoms with van der Waals surface area (Å²) in [5.41, 5.74) is 7.38. The average Bonchev–Trinajstić information content (AvgIpc) is 2.61. The topological polar surface area (TPSA) is 55.5 Å². The second kappa shape index (κ2) is 4.77. The summed E-state index contributed by atoms with van der Waals surface area (Å²) in [5, 5.41) is 10.9. The van der Waals surface area contributed by atoms with Gasteiger partial charge in [0.15, 0.2) is 0 Å². The number of methoxy groups -OCH3 is 1. The molecule has 1 aliphatic rings. The van der Waals surface area contributed by atoms with Gasteiger partial charge in [-0.3, -0.25) is 0 Å². The maximum absolute atomic E-state index is 10.9. The lowest BCUT2D eigenvalue weighted by Gasteiger charge is -2.31. The van der Waals surface area contributed by atoms with Gasteiger partial charge in [0, 0.05) is 19.8 Å². The average molecular weight is 235 g/mol. The van der Waals surface area contributed by atoms with Crippen molar-refractivity contribution >= 4 is 0 Å². The van der Waals surface area contributed by atoms with Crippen LogP contribution in [0.25, 0.3) is 0 Å². The predicted molar refractivity (Wildman–Crippen MR) is 67.5 cm³/mol. The molecule has 3 heteroatoms. The second-order valence-corrected chi connectivity index (χ2v) is 5.00. The van der Waals surface area contributed by atoms with Crippen LogP contribution in [0, 0.1) is 5.92 Å². The normalized spacial score (nSPS) is 29.1. The van der Waals surface area contributed by atoms with Gasteiger partial charge in [0.2, 0.25) is 0 Å². The van der Waals surface area contributed by atoms with Crippen molar-refractivity contribution in [2.45, 2.75) is 31.4 Å². The zero-order valence-corrected chi connectivity index (χ0v) is 10.5. The summed E-state index contributed by atoms with van der Waals surface area (Å²) in [6, 6.07) is 7.89. The standard InChI is InChI=1S/C14H21NO2/c1-10(7-8-17-2)14(16)9-13(15)11-5-3-4-6-12(11)14/h3-6,10,13,16H,7-9,15H2,1-2H3. The van der Waals surface area contributed by atoms with Crippen molar-refractivity contribution < 1.29 is 9.84 Å². The van der Waals surface area contributed by atoms with E-state index in [2.05, 4.69) is 6.92 Å². The van der Waals surface area contributed by atoms with Crippen LogP contribution in [0.2, 0.25) is 0 Å². The monoisotopic (exact) mass is 235 g/mol. The third-order valence-electron chi connectivity index (χ3n) is 3.93. The summed E-state index contributed by atoms with van der Waals surface area (Å²) in [6.07, 6.45) is 1.45. The third kappa shape index (κ3) is 2.10. The molecule has 0 saturated heterocycles. The molecule has 0 aliphatic heterocycles. The molecule has 3 nitrogen and oxygen atoms in total. The van der Waals surface area contributed by atoms with E-state index in [0.717, 1.165) is 17.5 Å². The Morgan fingerprint density at radius 1 is 1.53 bits per heavy atom. The Morgan fingerprint density at radius 2 is 2.24 bits per heavy atom. The zero-order chi connectivity index (χ0) is 12.5. The number of benzene rings is 1. The van der Waals surface area contributed by atoms with Gasteiger partial charge in [0.25, 0.3) is 0 Å². The van der Waals surface area contributed by atoms with Crippen LogP contribution >= 0.6 is 0 Å². The van der Waals surface area contributed by atoms with E-state index < -0.39 is 5.60 Å². The Labute approximate surface area is 103 Å². The lowest BCUT2D eigenvalue weighted by atomic mass is 9.82. The molecule has 0 fully saturated rings. The molecule has 0 amide bonds. The Hall–Kier alpha value is -0.900. The number of ether oxygens (including phenoxy) is 1. The summed E-state index contributed by atoms with van der Waals surface area (Å²) in [5.74, 6) is 0.150. The van der Waals surface area contributed by atoms with E-state index in [4.69, 9.17) is 10.5 Å². The smallest absolute Gasteiger partial charge is 0.0944 e. The van der Waals surface area contributed by atoms with Gasteiger partial charge in [-0.05, 0) is 29.9 Å². The van der Waals surface area contributed by atoms with Crippen molar-refractivity contribution in [1.82, 2.24) is 0 Å². The molecule has 3 N–H and O–H groups in total. The molecule has 17 heavy (non-hydrogen) atoms. The Morgan fingerprint density at radius 3 is 2.94 bits per heavy atom. The van der Waals surface area contributed by atoms with Gasteiger partial charge >= 0.3 is 0 Å². The van der Waals surface area contributed by atoms with Gasteiger partial charge in [0.05, 0.1) is 5.60 Å². The number of rotatable bonds is 4. The Balaban J connectivity index is 2.27. The van der Waals surface area contributed by atoms with Crippen LogP contribution in [0.3, 0.4) is 0 Å². The molecule has 0 bridgehead atoms. The van der Waals surface area contributed by atoms with Crippen LogP contribution in [-0.2, 0) is 10.3 Å². The van der Waals surface area contributed by atoms with Crippen LogP contribution in [0.1, 0.15) is 36.9 Å². The van der Waals surface area contributed by atoms with Gasteiger partial charge in [-0.15, -0.1) is 0 Å². The molecule has 3 atom stereocenters. The molecule has 0 heterocycles. The van der Waals surface area contributed by atoms with E-state index in [9.17, 15) is 5.11 Å². The third-order valence-corrected chi connectivity index (χ3v) is 3.93. The first-order valence-electron chi connectivity index (χ1n) is 6.16. The second-order valence-electron chi connectivity index (χ2n) is 5.00. The minimum absolute atomic E-state index is 0.0544. The number of hydrogen-bond acceptors (Lipinski definition) is 3. The Kier molecular flexibility index (Phi) is 3.52. The summed E-state index contributed by atoms with van der Waals surface area (Å²) in [4.78, 5) is 0. The van der Waals surface area contributed by atoms with E-state index in [1.165, 1.54) is 0 Å². The largest absolute Gasteiger partial charge is 0.385 e. The highest BCUT2D eigenvalue weighted by atomic mass is 16.5. The summed E-state index contributed by atoms with van der Waals surface area (Å²) in [6.45, 7) is 2.73. The van der Waals surface area contributed by atoms with E-state index in [1.807, 2.05) is 24.3 Å². The molecule has 94 valence electrons. The maximum Gasteiger partial charge on any atom is 0.0944 e. The molecule has 1 aromatic rings. The summed E-state index contributed by atoms with van der Waals surface area (Å²) >= 11 is 0. The van der Waals surface area contributed by atoms with E-state index in [1.54, 1.807) is 7.11 Å². The van der Waals surface area contributed by atoms with Crippen molar-refractivity contribution in [3.63, 3.8) is 0 Å². The van der Waals surface area contributed by atoms with Gasteiger partial charge in [-0.25, -0.2) is 0 Å². The van der Waals surface area contributed by atoms with Crippen molar-refractivity contribution in [3.8, 4) is 0 Å². The fraction of sp³-hybridized carbons (Fsp3) is 0.571. The fourth-order valence-corrected chi connectivity index (χ4v) is 2.77. The first kappa shape index (κ1) is 12.6. The molecule has 0 aromatic heterocycles. The first-order valence-corrected chi connectivity index (χ1v) is 6.16. The van der Waals surface area contributed by atoms with E-state index in [-0.39, 0.29) is 12.0 Å². The lowest BCUT2D eigenvalue weighted by Crippen LogP contribution is -2.32. The molecule has 0 spiro atoms. The molecule has 1 aliphatic carbocycles. The highest BCUT2D eigenvalue weighted by Crippen LogP contribution is 2.47. The van der Waals surface area contributed by atoms with Crippen LogP contribution in [0.5, 0.6) is 0 Å². The molecular weight excluding hydrogens is 214 g/mol. The van der Waals surface area contributed by atoms with Crippen LogP contribution in [-0.4, -0.2) is 18.8 Å². The lowest BCUT2D eigenvalue weighted by molar-refractivity contribution is -0.0298. The number of nitrogens with two attached hydrogens (primary N) is 1. The van der Waals surface area contributed by atoms with E-state index in [0.29, 0.717) is 13.0 Å². The van der Waals surface area contributed by atoms with Crippen LogP contribution < -0.4 is 5.73 Å². The van der Waals surface area contributed by atoms with Crippen molar-refractivity contribution in [2.24, 2.45) is 11.7 Å². The molecule has 2 rings (SSSR count). The summed E-state index contributed by atoms with van der Waals surface area (Å²) < 4.78 is 5.09. The quantitative estimate of drug-likeness (QED) is 0.838. The number of fused-ring (bicyclic) bond motifs is 1. The summed E-state index contributed by atoms with van der Waals surface area (Å²) in [7, 11) is 1.69. The molecule has 1 aromatic carbocycles. The highest BCUT2D eigenvalue weighted by Gasteiger charge is 2.44. The minimum Gasteiger partial charge on any atom is -0.385 e. The van der Waals surface area contributed by atoms with Gasteiger partial charge in [-0.2, -0.15) is 0 Å². The zero-order valence-electron chi connectivity index (χ0n) is 10.5. The SMILES string of the molecule is COCCC(C)C1(O)CC(N)c2ccccc21. The first-order chi connectivity index (χ1) is 8.09. The van der Waals surface area contributed by atoms with Gasteiger partial charge in [0.1, 0.15) is 0 Å². The van der Waals surface area contributed by atoms with Crippen LogP contribution in [0.4, 0.5) is 0 Å². The molecular formula is C14H21NO2. The van der Waals surface area contributed by atoms with Crippen molar-refractivity contribution in [1.29, 1.82) is 0 Å². The molecule has 0 radical (unpaired) electrons. The Bertz CT molecular complexity index is 394. The molecule has 0 saturated carbocycles. The highest BCUT2D eigenvalue weighted by molar-refractivity contribution is 5.40. The van der Waals surface area contributed by atoms with Crippen molar-refractivity contribution in [3.05, 3.63) is 35.4 Å². The molecule has 3 unspecified atom stereocenters. The van der Waals surface area contributed by atoms with Gasteiger partial charge in [-0.1, -0.05) is 31.2 Å². The maximum atomic E-state index is 10.9. The van der Waals surface area contributed by atoms with Crippen molar-refractivity contribution in [2.75, 3.05) is 13.7 Å². The van der Waals surface area contributed by atoms with E-state index >= 15 is 0 Å². The predicted octanol–water partition coefficient (Wildman–Crippen LogP) is 1.95. The fourth-order valence-electron chi connectivity index (χ4n) is 2.77. The van der Waals surface area contributed by atoms with Gasteiger partial charge < -0.3 is 15.6 Å². The minimum atomic E-state index is -0.797.